The summed E-state index contributed by atoms with van der Waals surface area (Å²) in [5, 5.41) is 7.50. The SMILES string of the molecule is Cn1cc(-c2cnc(C3CCNC3)[nH]2)cn1. The molecule has 2 aromatic rings. The number of hydrogen-bond acceptors (Lipinski definition) is 3. The number of aromatic nitrogens is 4. The average molecular weight is 217 g/mol. The lowest BCUT2D eigenvalue weighted by Gasteiger charge is -2.02. The molecule has 3 rings (SSSR count). The fourth-order valence-electron chi connectivity index (χ4n) is 2.14. The molecule has 0 radical (unpaired) electrons. The highest BCUT2D eigenvalue weighted by Crippen LogP contribution is 2.22. The van der Waals surface area contributed by atoms with Gasteiger partial charge in [0.05, 0.1) is 18.1 Å². The van der Waals surface area contributed by atoms with E-state index in [2.05, 4.69) is 20.4 Å². The van der Waals surface area contributed by atoms with E-state index in [1.54, 1.807) is 4.68 Å². The number of aromatic amines is 1. The predicted molar refractivity (Wildman–Crippen MR) is 61.0 cm³/mol. The van der Waals surface area contributed by atoms with E-state index >= 15 is 0 Å². The summed E-state index contributed by atoms with van der Waals surface area (Å²) in [5.41, 5.74) is 2.14. The predicted octanol–water partition coefficient (Wildman–Crippen LogP) is 0.887. The summed E-state index contributed by atoms with van der Waals surface area (Å²) in [6, 6.07) is 0. The van der Waals surface area contributed by atoms with Gasteiger partial charge in [0.15, 0.2) is 0 Å². The van der Waals surface area contributed by atoms with Crippen LogP contribution in [0.2, 0.25) is 0 Å². The Balaban J connectivity index is 1.87. The first-order valence-corrected chi connectivity index (χ1v) is 5.57. The third-order valence-electron chi connectivity index (χ3n) is 3.06. The highest BCUT2D eigenvalue weighted by atomic mass is 15.2. The summed E-state index contributed by atoms with van der Waals surface area (Å²) in [4.78, 5) is 7.83. The Hall–Kier alpha value is -1.62. The van der Waals surface area contributed by atoms with Crippen molar-refractivity contribution in [3.8, 4) is 11.3 Å². The van der Waals surface area contributed by atoms with E-state index in [0.717, 1.165) is 30.2 Å². The smallest absolute Gasteiger partial charge is 0.110 e. The molecule has 1 atom stereocenters. The van der Waals surface area contributed by atoms with Gasteiger partial charge in [0, 0.05) is 31.3 Å². The van der Waals surface area contributed by atoms with Gasteiger partial charge in [-0.3, -0.25) is 4.68 Å². The number of hydrogen-bond donors (Lipinski definition) is 2. The van der Waals surface area contributed by atoms with Crippen LogP contribution in [0.25, 0.3) is 11.3 Å². The number of aryl methyl sites for hydroxylation is 1. The molecule has 3 heterocycles. The molecule has 5 heteroatoms. The maximum atomic E-state index is 4.45. The summed E-state index contributed by atoms with van der Waals surface area (Å²) in [5.74, 6) is 1.62. The molecule has 1 fully saturated rings. The van der Waals surface area contributed by atoms with Crippen molar-refractivity contribution in [2.45, 2.75) is 12.3 Å². The summed E-state index contributed by atoms with van der Waals surface area (Å²) in [7, 11) is 1.92. The Labute approximate surface area is 93.9 Å². The Morgan fingerprint density at radius 1 is 1.44 bits per heavy atom. The first-order chi connectivity index (χ1) is 7.83. The van der Waals surface area contributed by atoms with Gasteiger partial charge >= 0.3 is 0 Å². The standard InChI is InChI=1S/C11H15N5/c1-16-7-9(5-14-16)10-6-13-11(15-10)8-2-3-12-4-8/h5-8,12H,2-4H2,1H3,(H,13,15). The van der Waals surface area contributed by atoms with Gasteiger partial charge in [0.25, 0.3) is 0 Å². The second-order valence-corrected chi connectivity index (χ2v) is 4.27. The number of H-pyrrole nitrogens is 1. The third kappa shape index (κ3) is 1.63. The zero-order valence-corrected chi connectivity index (χ0v) is 9.27. The lowest BCUT2D eigenvalue weighted by molar-refractivity contribution is 0.715. The van der Waals surface area contributed by atoms with E-state index in [0.29, 0.717) is 5.92 Å². The quantitative estimate of drug-likeness (QED) is 0.785. The first-order valence-electron chi connectivity index (χ1n) is 5.57. The van der Waals surface area contributed by atoms with E-state index in [1.165, 1.54) is 6.42 Å². The highest BCUT2D eigenvalue weighted by molar-refractivity contribution is 5.56. The van der Waals surface area contributed by atoms with Crippen LogP contribution in [0.4, 0.5) is 0 Å². The van der Waals surface area contributed by atoms with Gasteiger partial charge in [-0.2, -0.15) is 5.10 Å². The largest absolute Gasteiger partial charge is 0.342 e. The number of rotatable bonds is 2. The number of nitrogens with zero attached hydrogens (tertiary/aromatic N) is 3. The zero-order valence-electron chi connectivity index (χ0n) is 9.27. The van der Waals surface area contributed by atoms with Crippen LogP contribution < -0.4 is 5.32 Å². The maximum absolute atomic E-state index is 4.45. The minimum absolute atomic E-state index is 0.533. The molecule has 0 aliphatic carbocycles. The second-order valence-electron chi connectivity index (χ2n) is 4.27. The molecular formula is C11H15N5. The van der Waals surface area contributed by atoms with Crippen LogP contribution in [-0.4, -0.2) is 32.8 Å². The molecule has 84 valence electrons. The van der Waals surface area contributed by atoms with Gasteiger partial charge in [-0.05, 0) is 13.0 Å². The molecule has 1 unspecified atom stereocenters. The van der Waals surface area contributed by atoms with Crippen LogP contribution in [0.5, 0.6) is 0 Å². The molecule has 0 bridgehead atoms. The third-order valence-corrected chi connectivity index (χ3v) is 3.06. The van der Waals surface area contributed by atoms with E-state index in [9.17, 15) is 0 Å². The summed E-state index contributed by atoms with van der Waals surface area (Å²) in [6.45, 7) is 2.12. The van der Waals surface area contributed by atoms with Crippen LogP contribution in [-0.2, 0) is 7.05 Å². The molecule has 2 N–H and O–H groups in total. The van der Waals surface area contributed by atoms with Crippen LogP contribution in [0.1, 0.15) is 18.2 Å². The normalized spacial score (nSPS) is 20.4. The summed E-state index contributed by atoms with van der Waals surface area (Å²) >= 11 is 0. The average Bonchev–Trinajstić information content (AvgIpc) is 2.97. The first kappa shape index (κ1) is 9.59. The Bertz CT molecular complexity index is 478. The summed E-state index contributed by atoms with van der Waals surface area (Å²) < 4.78 is 1.80. The molecular weight excluding hydrogens is 202 g/mol. The topological polar surface area (TPSA) is 58.5 Å². The Morgan fingerprint density at radius 3 is 3.06 bits per heavy atom. The van der Waals surface area contributed by atoms with E-state index in [1.807, 2.05) is 25.6 Å². The minimum Gasteiger partial charge on any atom is -0.342 e. The van der Waals surface area contributed by atoms with Gasteiger partial charge in [-0.1, -0.05) is 0 Å². The van der Waals surface area contributed by atoms with Crippen LogP contribution >= 0.6 is 0 Å². The molecule has 0 saturated carbocycles. The van der Waals surface area contributed by atoms with Crippen LogP contribution in [0.3, 0.4) is 0 Å². The fraction of sp³-hybridized carbons (Fsp3) is 0.455. The molecule has 0 amide bonds. The molecule has 1 saturated heterocycles. The van der Waals surface area contributed by atoms with Crippen LogP contribution in [0, 0.1) is 0 Å². The van der Waals surface area contributed by atoms with Crippen molar-refractivity contribution in [1.29, 1.82) is 0 Å². The van der Waals surface area contributed by atoms with Crippen molar-refractivity contribution >= 4 is 0 Å². The highest BCUT2D eigenvalue weighted by Gasteiger charge is 2.19. The monoisotopic (exact) mass is 217 g/mol. The molecule has 5 nitrogen and oxygen atoms in total. The molecule has 1 aliphatic heterocycles. The van der Waals surface area contributed by atoms with E-state index < -0.39 is 0 Å². The lowest BCUT2D eigenvalue weighted by atomic mass is 10.1. The van der Waals surface area contributed by atoms with Gasteiger partial charge in [-0.25, -0.2) is 4.98 Å². The maximum Gasteiger partial charge on any atom is 0.110 e. The summed E-state index contributed by atoms with van der Waals surface area (Å²) in [6.07, 6.45) is 6.90. The van der Waals surface area contributed by atoms with Crippen LogP contribution in [0.15, 0.2) is 18.6 Å². The van der Waals surface area contributed by atoms with Crippen molar-refractivity contribution < 1.29 is 0 Å². The lowest BCUT2D eigenvalue weighted by Crippen LogP contribution is -2.08. The van der Waals surface area contributed by atoms with Crippen molar-refractivity contribution in [1.82, 2.24) is 25.1 Å². The van der Waals surface area contributed by atoms with Crippen molar-refractivity contribution in [3.05, 3.63) is 24.4 Å². The Kier molecular flexibility index (Phi) is 2.25. The van der Waals surface area contributed by atoms with Gasteiger partial charge < -0.3 is 10.3 Å². The number of imidazole rings is 1. The molecule has 0 aromatic carbocycles. The van der Waals surface area contributed by atoms with E-state index in [-0.39, 0.29) is 0 Å². The Morgan fingerprint density at radius 2 is 2.38 bits per heavy atom. The van der Waals surface area contributed by atoms with Gasteiger partial charge in [0.2, 0.25) is 0 Å². The molecule has 0 spiro atoms. The number of nitrogens with one attached hydrogen (secondary N) is 2. The van der Waals surface area contributed by atoms with Crippen molar-refractivity contribution in [2.75, 3.05) is 13.1 Å². The molecule has 16 heavy (non-hydrogen) atoms. The van der Waals surface area contributed by atoms with E-state index in [4.69, 9.17) is 0 Å². The molecule has 1 aliphatic rings. The minimum atomic E-state index is 0.533. The van der Waals surface area contributed by atoms with Gasteiger partial charge in [-0.15, -0.1) is 0 Å². The fourth-order valence-corrected chi connectivity index (χ4v) is 2.14. The second kappa shape index (κ2) is 3.75. The zero-order chi connectivity index (χ0) is 11.0. The van der Waals surface area contributed by atoms with Gasteiger partial charge in [0.1, 0.15) is 5.82 Å². The molecule has 2 aromatic heterocycles. The van der Waals surface area contributed by atoms with Crippen molar-refractivity contribution in [3.63, 3.8) is 0 Å². The van der Waals surface area contributed by atoms with Crippen molar-refractivity contribution in [2.24, 2.45) is 7.05 Å².